The third kappa shape index (κ3) is 3.38. The zero-order valence-corrected chi connectivity index (χ0v) is 14.0. The molecule has 0 aromatic carbocycles. The lowest BCUT2D eigenvalue weighted by Gasteiger charge is -2.13. The van der Waals surface area contributed by atoms with Crippen LogP contribution >= 0.6 is 11.3 Å². The number of hydrogen-bond donors (Lipinski definition) is 1. The smallest absolute Gasteiger partial charge is 0.0762 e. The molecule has 0 aliphatic heterocycles. The number of nitrogens with one attached hydrogen (secondary N) is 1. The number of thiophene rings is 1. The third-order valence-corrected chi connectivity index (χ3v) is 5.48. The summed E-state index contributed by atoms with van der Waals surface area (Å²) >= 11 is 1.88. The molecular formula is C17H25N3S. The summed E-state index contributed by atoms with van der Waals surface area (Å²) in [6.45, 7) is 7.47. The van der Waals surface area contributed by atoms with Crippen molar-refractivity contribution in [3.05, 3.63) is 39.3 Å². The summed E-state index contributed by atoms with van der Waals surface area (Å²) in [7, 11) is 0. The van der Waals surface area contributed by atoms with Gasteiger partial charge in [0.1, 0.15) is 0 Å². The summed E-state index contributed by atoms with van der Waals surface area (Å²) in [5.74, 6) is 0. The van der Waals surface area contributed by atoms with E-state index in [0.29, 0.717) is 12.1 Å². The number of rotatable bonds is 5. The maximum atomic E-state index is 4.74. The maximum Gasteiger partial charge on any atom is 0.0762 e. The minimum atomic E-state index is 0.381. The van der Waals surface area contributed by atoms with E-state index in [1.165, 1.54) is 41.0 Å². The highest BCUT2D eigenvalue weighted by molar-refractivity contribution is 7.12. The number of aromatic nitrogens is 2. The SMILES string of the molecule is Cc1cc(C(C)NCc2ccn(C3CCCC3)n2)c(C)s1. The van der Waals surface area contributed by atoms with Crippen LogP contribution in [-0.2, 0) is 6.54 Å². The Bertz CT molecular complexity index is 593. The number of hydrogen-bond acceptors (Lipinski definition) is 3. The molecule has 1 fully saturated rings. The standard InChI is InChI=1S/C17H25N3S/c1-12-10-17(14(3)21-12)13(2)18-11-15-8-9-20(19-15)16-6-4-5-7-16/h8-10,13,16,18H,4-7,11H2,1-3H3. The van der Waals surface area contributed by atoms with Crippen molar-refractivity contribution in [1.29, 1.82) is 0 Å². The van der Waals surface area contributed by atoms with Crippen LogP contribution in [0.5, 0.6) is 0 Å². The van der Waals surface area contributed by atoms with Crippen molar-refractivity contribution < 1.29 is 0 Å². The Hall–Kier alpha value is -1.13. The predicted octanol–water partition coefficient (Wildman–Crippen LogP) is 4.53. The van der Waals surface area contributed by atoms with Gasteiger partial charge in [0, 0.05) is 28.5 Å². The van der Waals surface area contributed by atoms with Gasteiger partial charge in [-0.25, -0.2) is 0 Å². The lowest BCUT2D eigenvalue weighted by atomic mass is 10.1. The van der Waals surface area contributed by atoms with E-state index >= 15 is 0 Å². The highest BCUT2D eigenvalue weighted by Gasteiger charge is 2.17. The highest BCUT2D eigenvalue weighted by Crippen LogP contribution is 2.29. The highest BCUT2D eigenvalue weighted by atomic mass is 32.1. The average Bonchev–Trinajstić information content (AvgIpc) is 3.15. The van der Waals surface area contributed by atoms with E-state index in [1.807, 2.05) is 11.3 Å². The molecule has 0 saturated heterocycles. The molecule has 114 valence electrons. The Morgan fingerprint density at radius 1 is 1.38 bits per heavy atom. The van der Waals surface area contributed by atoms with Gasteiger partial charge in [-0.2, -0.15) is 5.10 Å². The summed E-state index contributed by atoms with van der Waals surface area (Å²) in [6.07, 6.45) is 7.44. The van der Waals surface area contributed by atoms with E-state index in [0.717, 1.165) is 12.2 Å². The van der Waals surface area contributed by atoms with Gasteiger partial charge in [-0.05, 0) is 51.3 Å². The van der Waals surface area contributed by atoms with Gasteiger partial charge in [0.05, 0.1) is 11.7 Å². The zero-order chi connectivity index (χ0) is 14.8. The Balaban J connectivity index is 1.58. The van der Waals surface area contributed by atoms with Crippen LogP contribution in [-0.4, -0.2) is 9.78 Å². The number of aryl methyl sites for hydroxylation is 2. The van der Waals surface area contributed by atoms with Crippen molar-refractivity contribution in [3.63, 3.8) is 0 Å². The molecule has 3 rings (SSSR count). The normalized spacial score (nSPS) is 17.5. The molecule has 0 radical (unpaired) electrons. The van der Waals surface area contributed by atoms with Crippen molar-refractivity contribution in [2.24, 2.45) is 0 Å². The van der Waals surface area contributed by atoms with E-state index < -0.39 is 0 Å². The fraction of sp³-hybridized carbons (Fsp3) is 0.588. The Kier molecular flexibility index (Phi) is 4.45. The fourth-order valence-corrected chi connectivity index (χ4v) is 4.31. The first-order valence-electron chi connectivity index (χ1n) is 7.98. The van der Waals surface area contributed by atoms with Crippen molar-refractivity contribution in [2.45, 2.75) is 65.1 Å². The fourth-order valence-electron chi connectivity index (χ4n) is 3.29. The van der Waals surface area contributed by atoms with Crippen LogP contribution in [0.25, 0.3) is 0 Å². The lowest BCUT2D eigenvalue weighted by molar-refractivity contribution is 0.458. The van der Waals surface area contributed by atoms with Crippen LogP contribution in [0.15, 0.2) is 18.3 Å². The van der Waals surface area contributed by atoms with E-state index in [4.69, 9.17) is 5.10 Å². The van der Waals surface area contributed by atoms with Gasteiger partial charge in [-0.3, -0.25) is 4.68 Å². The molecular weight excluding hydrogens is 278 g/mol. The molecule has 2 heterocycles. The molecule has 2 aromatic heterocycles. The minimum absolute atomic E-state index is 0.381. The van der Waals surface area contributed by atoms with Crippen LogP contribution in [0.4, 0.5) is 0 Å². The molecule has 3 nitrogen and oxygen atoms in total. The molecule has 0 bridgehead atoms. The Morgan fingerprint density at radius 2 is 2.14 bits per heavy atom. The second-order valence-electron chi connectivity index (χ2n) is 6.20. The molecule has 1 N–H and O–H groups in total. The van der Waals surface area contributed by atoms with Crippen molar-refractivity contribution in [3.8, 4) is 0 Å². The van der Waals surface area contributed by atoms with E-state index in [1.54, 1.807) is 0 Å². The van der Waals surface area contributed by atoms with E-state index in [2.05, 4.69) is 49.1 Å². The molecule has 1 aliphatic carbocycles. The number of nitrogens with zero attached hydrogens (tertiary/aromatic N) is 2. The molecule has 4 heteroatoms. The van der Waals surface area contributed by atoms with E-state index in [9.17, 15) is 0 Å². The van der Waals surface area contributed by atoms with Gasteiger partial charge >= 0.3 is 0 Å². The van der Waals surface area contributed by atoms with Gasteiger partial charge in [0.2, 0.25) is 0 Å². The molecule has 1 unspecified atom stereocenters. The zero-order valence-electron chi connectivity index (χ0n) is 13.2. The quantitative estimate of drug-likeness (QED) is 0.879. The second kappa shape index (κ2) is 6.32. The summed E-state index contributed by atoms with van der Waals surface area (Å²) < 4.78 is 2.18. The molecule has 1 aliphatic rings. The van der Waals surface area contributed by atoms with Crippen molar-refractivity contribution >= 4 is 11.3 Å². The minimum Gasteiger partial charge on any atom is -0.304 e. The maximum absolute atomic E-state index is 4.74. The monoisotopic (exact) mass is 303 g/mol. The molecule has 0 spiro atoms. The predicted molar refractivity (Wildman–Crippen MR) is 88.8 cm³/mol. The lowest BCUT2D eigenvalue weighted by Crippen LogP contribution is -2.19. The van der Waals surface area contributed by atoms with Gasteiger partial charge in [-0.1, -0.05) is 12.8 Å². The molecule has 0 amide bonds. The average molecular weight is 303 g/mol. The van der Waals surface area contributed by atoms with Gasteiger partial charge in [0.25, 0.3) is 0 Å². The molecule has 2 aromatic rings. The first-order chi connectivity index (χ1) is 10.1. The van der Waals surface area contributed by atoms with Gasteiger partial charge in [-0.15, -0.1) is 11.3 Å². The summed E-state index contributed by atoms with van der Waals surface area (Å²) in [4.78, 5) is 2.81. The molecule has 21 heavy (non-hydrogen) atoms. The third-order valence-electron chi connectivity index (χ3n) is 4.50. The van der Waals surface area contributed by atoms with Crippen LogP contribution in [0.2, 0.25) is 0 Å². The van der Waals surface area contributed by atoms with Gasteiger partial charge in [0.15, 0.2) is 0 Å². The van der Waals surface area contributed by atoms with Crippen LogP contribution in [0, 0.1) is 13.8 Å². The van der Waals surface area contributed by atoms with Crippen LogP contribution < -0.4 is 5.32 Å². The summed E-state index contributed by atoms with van der Waals surface area (Å²) in [5.41, 5.74) is 2.58. The second-order valence-corrected chi connectivity index (χ2v) is 7.66. The summed E-state index contributed by atoms with van der Waals surface area (Å²) in [5, 5.41) is 8.35. The van der Waals surface area contributed by atoms with Crippen molar-refractivity contribution in [1.82, 2.24) is 15.1 Å². The first kappa shape index (κ1) is 14.8. The van der Waals surface area contributed by atoms with E-state index in [-0.39, 0.29) is 0 Å². The largest absolute Gasteiger partial charge is 0.304 e. The van der Waals surface area contributed by atoms with Crippen LogP contribution in [0.1, 0.15) is 65.7 Å². The first-order valence-corrected chi connectivity index (χ1v) is 8.79. The Morgan fingerprint density at radius 3 is 2.81 bits per heavy atom. The van der Waals surface area contributed by atoms with Crippen molar-refractivity contribution in [2.75, 3.05) is 0 Å². The Labute approximate surface area is 131 Å². The molecule has 1 saturated carbocycles. The summed E-state index contributed by atoms with van der Waals surface area (Å²) in [6, 6.07) is 5.47. The molecule has 1 atom stereocenters. The van der Waals surface area contributed by atoms with Crippen LogP contribution in [0.3, 0.4) is 0 Å². The topological polar surface area (TPSA) is 29.9 Å². The van der Waals surface area contributed by atoms with Gasteiger partial charge < -0.3 is 5.32 Å².